The molecule has 1 atom stereocenters. The maximum absolute atomic E-state index is 14.3. The molecular formula is C29H35F3N6O2. The summed E-state index contributed by atoms with van der Waals surface area (Å²) in [5, 5.41) is 7.25. The van der Waals surface area contributed by atoms with E-state index in [4.69, 9.17) is 9.73 Å². The molecule has 40 heavy (non-hydrogen) atoms. The summed E-state index contributed by atoms with van der Waals surface area (Å²) < 4.78 is 48.3. The molecule has 1 aliphatic carbocycles. The van der Waals surface area contributed by atoms with Gasteiger partial charge in [-0.05, 0) is 56.0 Å². The smallest absolute Gasteiger partial charge is 0.261 e. The molecular weight excluding hydrogens is 521 g/mol. The lowest BCUT2D eigenvalue weighted by atomic mass is 9.93. The summed E-state index contributed by atoms with van der Waals surface area (Å²) in [6.45, 7) is 4.65. The maximum atomic E-state index is 14.3. The van der Waals surface area contributed by atoms with E-state index >= 15 is 0 Å². The molecule has 2 fully saturated rings. The summed E-state index contributed by atoms with van der Waals surface area (Å²) in [5.41, 5.74) is 1.51. The molecule has 1 saturated heterocycles. The first-order valence-corrected chi connectivity index (χ1v) is 13.7. The second-order valence-corrected chi connectivity index (χ2v) is 10.6. The van der Waals surface area contributed by atoms with Crippen molar-refractivity contribution < 1.29 is 17.9 Å². The van der Waals surface area contributed by atoms with Gasteiger partial charge in [0.1, 0.15) is 11.6 Å². The third-order valence-electron chi connectivity index (χ3n) is 7.62. The largest absolute Gasteiger partial charge is 0.497 e. The van der Waals surface area contributed by atoms with Gasteiger partial charge in [-0.25, -0.2) is 23.1 Å². The molecule has 5 rings (SSSR count). The van der Waals surface area contributed by atoms with Gasteiger partial charge in [-0.15, -0.1) is 0 Å². The zero-order valence-corrected chi connectivity index (χ0v) is 22.8. The van der Waals surface area contributed by atoms with E-state index in [-0.39, 0.29) is 42.8 Å². The number of fused-ring (bicyclic) bond motifs is 1. The fourth-order valence-electron chi connectivity index (χ4n) is 5.27. The Balaban J connectivity index is 1.34. The van der Waals surface area contributed by atoms with Crippen molar-refractivity contribution in [3.8, 4) is 5.75 Å². The summed E-state index contributed by atoms with van der Waals surface area (Å²) >= 11 is 0. The number of aryl methyl sites for hydroxylation is 2. The molecule has 0 bridgehead atoms. The standard InChI is InChI=1S/C29H35F3N6O2/c1-19-17-37(14-12-33-19)28(35-21-7-10-29(31,32)11-8-21)36-22-4-6-24-26(15-22)34-18-38(27(24)39)13-9-20-3-5-23(40-2)16-25(20)30/h3-6,15-16,18-19,21,33H,7-14,17H2,1-2H3,(H,35,36). The first-order chi connectivity index (χ1) is 19.2. The number of benzene rings is 2. The molecule has 214 valence electrons. The summed E-state index contributed by atoms with van der Waals surface area (Å²) in [4.78, 5) is 24.7. The van der Waals surface area contributed by atoms with E-state index < -0.39 is 5.92 Å². The molecule has 2 aliphatic rings. The first-order valence-electron chi connectivity index (χ1n) is 13.7. The highest BCUT2D eigenvalue weighted by molar-refractivity contribution is 5.96. The van der Waals surface area contributed by atoms with Crippen LogP contribution < -0.4 is 20.9 Å². The van der Waals surface area contributed by atoms with E-state index in [1.807, 2.05) is 0 Å². The van der Waals surface area contributed by atoms with Gasteiger partial charge in [0.25, 0.3) is 5.56 Å². The Morgan fingerprint density at radius 3 is 2.75 bits per heavy atom. The fourth-order valence-corrected chi connectivity index (χ4v) is 5.27. The molecule has 1 saturated carbocycles. The minimum Gasteiger partial charge on any atom is -0.497 e. The van der Waals surface area contributed by atoms with E-state index in [9.17, 15) is 18.0 Å². The molecule has 2 aromatic carbocycles. The van der Waals surface area contributed by atoms with Gasteiger partial charge in [0.15, 0.2) is 5.96 Å². The van der Waals surface area contributed by atoms with Crippen LogP contribution >= 0.6 is 0 Å². The monoisotopic (exact) mass is 556 g/mol. The number of aromatic nitrogens is 2. The normalized spacial score (nSPS) is 20.1. The average Bonchev–Trinajstić information content (AvgIpc) is 2.94. The third-order valence-corrected chi connectivity index (χ3v) is 7.62. The van der Waals surface area contributed by atoms with Crippen molar-refractivity contribution in [2.24, 2.45) is 4.99 Å². The van der Waals surface area contributed by atoms with Crippen molar-refractivity contribution >= 4 is 22.5 Å². The van der Waals surface area contributed by atoms with Crippen molar-refractivity contribution in [2.75, 3.05) is 32.1 Å². The van der Waals surface area contributed by atoms with Crippen molar-refractivity contribution in [3.63, 3.8) is 0 Å². The molecule has 11 heteroatoms. The SMILES string of the molecule is COc1ccc(CCn2cnc3cc(NC(=NC4CCC(F)(F)CC4)N4CCNC(C)C4)ccc3c2=O)c(F)c1. The van der Waals surface area contributed by atoms with Crippen LogP contribution in [0.4, 0.5) is 18.9 Å². The number of guanidine groups is 1. The van der Waals surface area contributed by atoms with Gasteiger partial charge in [0.2, 0.25) is 5.92 Å². The number of alkyl halides is 2. The van der Waals surface area contributed by atoms with Crippen molar-refractivity contribution in [1.29, 1.82) is 0 Å². The molecule has 8 nitrogen and oxygen atoms in total. The average molecular weight is 557 g/mol. The Morgan fingerprint density at radius 2 is 2.02 bits per heavy atom. The van der Waals surface area contributed by atoms with E-state index in [1.54, 1.807) is 30.3 Å². The minimum absolute atomic E-state index is 0.149. The first kappa shape index (κ1) is 27.9. The van der Waals surface area contributed by atoms with Crippen LogP contribution in [0.2, 0.25) is 0 Å². The van der Waals surface area contributed by atoms with Crippen LogP contribution in [0.25, 0.3) is 10.9 Å². The third kappa shape index (κ3) is 6.57. The Kier molecular flexibility index (Phi) is 8.30. The second-order valence-electron chi connectivity index (χ2n) is 10.6. The zero-order valence-electron chi connectivity index (χ0n) is 22.8. The number of halogens is 3. The fraction of sp³-hybridized carbons (Fsp3) is 0.483. The molecule has 0 spiro atoms. The highest BCUT2D eigenvalue weighted by Gasteiger charge is 2.35. The summed E-state index contributed by atoms with van der Waals surface area (Å²) in [7, 11) is 1.48. The van der Waals surface area contributed by atoms with Gasteiger partial charge in [-0.3, -0.25) is 9.36 Å². The van der Waals surface area contributed by atoms with Gasteiger partial charge in [0, 0.05) is 56.8 Å². The molecule has 0 amide bonds. The number of hydrogen-bond donors (Lipinski definition) is 2. The lowest BCUT2D eigenvalue weighted by Gasteiger charge is -2.35. The highest BCUT2D eigenvalue weighted by atomic mass is 19.3. The van der Waals surface area contributed by atoms with E-state index in [0.717, 1.165) is 19.6 Å². The number of methoxy groups -OCH3 is 1. The number of nitrogens with one attached hydrogen (secondary N) is 2. The van der Waals surface area contributed by atoms with Crippen LogP contribution in [-0.4, -0.2) is 65.2 Å². The van der Waals surface area contributed by atoms with Crippen LogP contribution in [0.1, 0.15) is 38.2 Å². The number of anilines is 1. The van der Waals surface area contributed by atoms with Gasteiger partial charge in [0.05, 0.1) is 30.4 Å². The Morgan fingerprint density at radius 1 is 1.23 bits per heavy atom. The van der Waals surface area contributed by atoms with Crippen LogP contribution in [0.5, 0.6) is 5.75 Å². The van der Waals surface area contributed by atoms with E-state index in [0.29, 0.717) is 53.1 Å². The summed E-state index contributed by atoms with van der Waals surface area (Å²) in [6, 6.07) is 10.1. The number of rotatable bonds is 6. The minimum atomic E-state index is -2.61. The number of piperazine rings is 1. The quantitative estimate of drug-likeness (QED) is 0.346. The van der Waals surface area contributed by atoms with Crippen LogP contribution in [0.15, 0.2) is 52.5 Å². The van der Waals surface area contributed by atoms with Crippen LogP contribution in [0.3, 0.4) is 0 Å². The number of aliphatic imine (C=N–C) groups is 1. The van der Waals surface area contributed by atoms with E-state index in [1.165, 1.54) is 24.1 Å². The van der Waals surface area contributed by atoms with Crippen LogP contribution in [0, 0.1) is 5.82 Å². The number of hydrogen-bond acceptors (Lipinski definition) is 5. The summed E-state index contributed by atoms with van der Waals surface area (Å²) in [6.07, 6.45) is 2.20. The van der Waals surface area contributed by atoms with Gasteiger partial charge >= 0.3 is 0 Å². The van der Waals surface area contributed by atoms with Gasteiger partial charge in [-0.2, -0.15) is 0 Å². The Labute approximate surface area is 231 Å². The van der Waals surface area contributed by atoms with Crippen LogP contribution in [-0.2, 0) is 13.0 Å². The van der Waals surface area contributed by atoms with E-state index in [2.05, 4.69) is 27.4 Å². The maximum Gasteiger partial charge on any atom is 0.261 e. The predicted octanol–water partition coefficient (Wildman–Crippen LogP) is 4.43. The molecule has 1 aromatic heterocycles. The van der Waals surface area contributed by atoms with Crippen molar-refractivity contribution in [2.45, 2.75) is 63.6 Å². The molecule has 0 radical (unpaired) electrons. The van der Waals surface area contributed by atoms with Gasteiger partial charge in [-0.1, -0.05) is 6.07 Å². The Hall–Kier alpha value is -3.60. The van der Waals surface area contributed by atoms with Gasteiger partial charge < -0.3 is 20.3 Å². The molecule has 1 aliphatic heterocycles. The lowest BCUT2D eigenvalue weighted by molar-refractivity contribution is -0.0374. The molecule has 1 unspecified atom stereocenters. The molecule has 2 heterocycles. The second kappa shape index (κ2) is 11.9. The lowest BCUT2D eigenvalue weighted by Crippen LogP contribution is -2.53. The highest BCUT2D eigenvalue weighted by Crippen LogP contribution is 2.34. The van der Waals surface area contributed by atoms with Crippen molar-refractivity contribution in [1.82, 2.24) is 19.8 Å². The Bertz CT molecular complexity index is 1430. The summed E-state index contributed by atoms with van der Waals surface area (Å²) in [5.74, 6) is -1.90. The number of ether oxygens (including phenoxy) is 1. The predicted molar refractivity (Wildman–Crippen MR) is 150 cm³/mol. The topological polar surface area (TPSA) is 83.8 Å². The molecule has 3 aromatic rings. The zero-order chi connectivity index (χ0) is 28.3. The number of nitrogens with zero attached hydrogens (tertiary/aromatic N) is 4. The molecule has 2 N–H and O–H groups in total. The van der Waals surface area contributed by atoms with Crippen molar-refractivity contribution in [3.05, 3.63) is 64.5 Å².